The van der Waals surface area contributed by atoms with E-state index in [-0.39, 0.29) is 5.69 Å². The van der Waals surface area contributed by atoms with Gasteiger partial charge in [-0.15, -0.1) is 0 Å². The third kappa shape index (κ3) is 6.55. The van der Waals surface area contributed by atoms with E-state index in [0.717, 1.165) is 24.2 Å². The van der Waals surface area contributed by atoms with Crippen molar-refractivity contribution in [2.24, 2.45) is 0 Å². The SMILES string of the molecule is CN(CCC(Oc1ccc(C(F)(F)F)cc1)c1ccc([N+](=O)[O-])cc1)Cc1ccccc1. The molecule has 0 saturated carbocycles. The summed E-state index contributed by atoms with van der Waals surface area (Å²) in [6, 6.07) is 20.5. The lowest BCUT2D eigenvalue weighted by Gasteiger charge is -2.23. The maximum Gasteiger partial charge on any atom is 0.416 e. The molecule has 0 aliphatic carbocycles. The topological polar surface area (TPSA) is 55.6 Å². The quantitative estimate of drug-likeness (QED) is 0.289. The van der Waals surface area contributed by atoms with Crippen LogP contribution in [0.1, 0.15) is 29.2 Å². The van der Waals surface area contributed by atoms with Gasteiger partial charge >= 0.3 is 6.18 Å². The number of alkyl halides is 3. The van der Waals surface area contributed by atoms with Crippen molar-refractivity contribution < 1.29 is 22.8 Å². The molecule has 0 fully saturated rings. The van der Waals surface area contributed by atoms with E-state index in [2.05, 4.69) is 4.90 Å². The van der Waals surface area contributed by atoms with Crippen LogP contribution < -0.4 is 4.74 Å². The largest absolute Gasteiger partial charge is 0.486 e. The van der Waals surface area contributed by atoms with Crippen molar-refractivity contribution in [2.45, 2.75) is 25.2 Å². The maximum atomic E-state index is 12.8. The average molecular weight is 444 g/mol. The summed E-state index contributed by atoms with van der Waals surface area (Å²) in [6.45, 7) is 1.38. The molecule has 168 valence electrons. The summed E-state index contributed by atoms with van der Waals surface area (Å²) in [5.74, 6) is 0.298. The molecule has 0 amide bonds. The first-order valence-electron chi connectivity index (χ1n) is 10.0. The van der Waals surface area contributed by atoms with Crippen molar-refractivity contribution in [3.63, 3.8) is 0 Å². The molecule has 3 rings (SSSR count). The number of ether oxygens (including phenoxy) is 1. The molecule has 0 saturated heterocycles. The molecule has 32 heavy (non-hydrogen) atoms. The van der Waals surface area contributed by atoms with Crippen LogP contribution in [0.15, 0.2) is 78.9 Å². The van der Waals surface area contributed by atoms with Gasteiger partial charge in [-0.3, -0.25) is 10.1 Å². The highest BCUT2D eigenvalue weighted by Crippen LogP contribution is 2.32. The molecule has 0 aliphatic rings. The van der Waals surface area contributed by atoms with E-state index in [1.807, 2.05) is 37.4 Å². The van der Waals surface area contributed by atoms with E-state index in [4.69, 9.17) is 4.74 Å². The van der Waals surface area contributed by atoms with Crippen LogP contribution in [0.25, 0.3) is 0 Å². The van der Waals surface area contributed by atoms with Crippen LogP contribution in [-0.2, 0) is 12.7 Å². The van der Waals surface area contributed by atoms with Gasteiger partial charge in [0.2, 0.25) is 0 Å². The van der Waals surface area contributed by atoms with Gasteiger partial charge in [-0.2, -0.15) is 13.2 Å². The highest BCUT2D eigenvalue weighted by molar-refractivity contribution is 5.35. The Kier molecular flexibility index (Phi) is 7.48. The molecule has 5 nitrogen and oxygen atoms in total. The van der Waals surface area contributed by atoms with Gasteiger partial charge in [0.15, 0.2) is 0 Å². The number of benzene rings is 3. The zero-order valence-corrected chi connectivity index (χ0v) is 17.5. The molecule has 0 aliphatic heterocycles. The number of non-ortho nitro benzene ring substituents is 1. The maximum absolute atomic E-state index is 12.8. The predicted octanol–water partition coefficient (Wildman–Crippen LogP) is 6.26. The fourth-order valence-electron chi connectivity index (χ4n) is 3.30. The molecule has 0 heterocycles. The molecule has 1 atom stereocenters. The minimum absolute atomic E-state index is 0.0387. The third-order valence-electron chi connectivity index (χ3n) is 5.00. The Morgan fingerprint density at radius 1 is 0.969 bits per heavy atom. The van der Waals surface area contributed by atoms with Crippen LogP contribution in [0.4, 0.5) is 18.9 Å². The van der Waals surface area contributed by atoms with Gasteiger partial charge in [0.25, 0.3) is 5.69 Å². The van der Waals surface area contributed by atoms with Gasteiger partial charge in [0.05, 0.1) is 10.5 Å². The first kappa shape index (κ1) is 23.3. The predicted molar refractivity (Wildman–Crippen MR) is 115 cm³/mol. The molecule has 3 aromatic carbocycles. The number of nitro benzene ring substituents is 1. The van der Waals surface area contributed by atoms with Gasteiger partial charge < -0.3 is 9.64 Å². The Bertz CT molecular complexity index is 1010. The molecular weight excluding hydrogens is 421 g/mol. The lowest BCUT2D eigenvalue weighted by Crippen LogP contribution is -2.22. The van der Waals surface area contributed by atoms with E-state index < -0.39 is 22.8 Å². The molecule has 0 radical (unpaired) electrons. The number of hydrogen-bond acceptors (Lipinski definition) is 4. The van der Waals surface area contributed by atoms with Crippen molar-refractivity contribution in [1.82, 2.24) is 4.90 Å². The number of nitro groups is 1. The number of rotatable bonds is 9. The minimum Gasteiger partial charge on any atom is -0.486 e. The molecule has 0 bridgehead atoms. The zero-order valence-electron chi connectivity index (χ0n) is 17.5. The van der Waals surface area contributed by atoms with E-state index >= 15 is 0 Å². The van der Waals surface area contributed by atoms with Gasteiger partial charge in [-0.1, -0.05) is 30.3 Å². The Morgan fingerprint density at radius 2 is 1.59 bits per heavy atom. The zero-order chi connectivity index (χ0) is 23.1. The monoisotopic (exact) mass is 444 g/mol. The summed E-state index contributed by atoms with van der Waals surface area (Å²) in [4.78, 5) is 12.6. The second-order valence-corrected chi connectivity index (χ2v) is 7.49. The standard InChI is InChI=1S/C24H23F3N2O3/c1-28(17-18-5-3-2-4-6-18)16-15-23(19-7-11-21(12-8-19)29(30)31)32-22-13-9-20(10-14-22)24(25,26)27/h2-14,23H,15-17H2,1H3. The molecule has 0 N–H and O–H groups in total. The van der Waals surface area contributed by atoms with E-state index in [9.17, 15) is 23.3 Å². The average Bonchev–Trinajstić information content (AvgIpc) is 2.77. The van der Waals surface area contributed by atoms with Gasteiger partial charge in [0, 0.05) is 31.6 Å². The second-order valence-electron chi connectivity index (χ2n) is 7.49. The fourth-order valence-corrected chi connectivity index (χ4v) is 3.30. The Hall–Kier alpha value is -3.39. The van der Waals surface area contributed by atoms with Crippen molar-refractivity contribution in [3.05, 3.63) is 106 Å². The number of hydrogen-bond donors (Lipinski definition) is 0. The summed E-state index contributed by atoms with van der Waals surface area (Å²) in [5.41, 5.74) is 1.08. The van der Waals surface area contributed by atoms with Crippen LogP contribution >= 0.6 is 0 Å². The molecule has 0 aromatic heterocycles. The summed E-state index contributed by atoms with van der Waals surface area (Å²) < 4.78 is 44.5. The van der Waals surface area contributed by atoms with Gasteiger partial charge in [0.1, 0.15) is 11.9 Å². The summed E-state index contributed by atoms with van der Waals surface area (Å²) >= 11 is 0. The Balaban J connectivity index is 1.73. The first-order valence-corrected chi connectivity index (χ1v) is 10.0. The van der Waals surface area contributed by atoms with Gasteiger partial charge in [-0.05, 0) is 54.6 Å². The van der Waals surface area contributed by atoms with Crippen molar-refractivity contribution >= 4 is 5.69 Å². The highest BCUT2D eigenvalue weighted by Gasteiger charge is 2.30. The van der Waals surface area contributed by atoms with Crippen LogP contribution in [0.3, 0.4) is 0 Å². The Labute approximate surface area is 184 Å². The Morgan fingerprint density at radius 3 is 2.16 bits per heavy atom. The van der Waals surface area contributed by atoms with Gasteiger partial charge in [-0.25, -0.2) is 0 Å². The summed E-state index contributed by atoms with van der Waals surface area (Å²) in [5, 5.41) is 11.0. The van der Waals surface area contributed by atoms with Crippen LogP contribution in [0.5, 0.6) is 5.75 Å². The first-order chi connectivity index (χ1) is 15.2. The molecule has 3 aromatic rings. The normalized spacial score (nSPS) is 12.5. The second kappa shape index (κ2) is 10.3. The smallest absolute Gasteiger partial charge is 0.416 e. The van der Waals surface area contributed by atoms with Crippen molar-refractivity contribution in [1.29, 1.82) is 0 Å². The molecule has 0 spiro atoms. The fraction of sp³-hybridized carbons (Fsp3) is 0.250. The molecule has 1 unspecified atom stereocenters. The van der Waals surface area contributed by atoms with E-state index in [0.29, 0.717) is 24.3 Å². The number of nitrogens with zero attached hydrogens (tertiary/aromatic N) is 2. The third-order valence-corrected chi connectivity index (χ3v) is 5.00. The lowest BCUT2D eigenvalue weighted by molar-refractivity contribution is -0.384. The minimum atomic E-state index is -4.42. The van der Waals surface area contributed by atoms with Crippen LogP contribution in [0, 0.1) is 10.1 Å². The summed E-state index contributed by atoms with van der Waals surface area (Å²) in [7, 11) is 1.97. The number of halogens is 3. The van der Waals surface area contributed by atoms with Crippen LogP contribution in [0.2, 0.25) is 0 Å². The highest BCUT2D eigenvalue weighted by atomic mass is 19.4. The van der Waals surface area contributed by atoms with Crippen molar-refractivity contribution in [2.75, 3.05) is 13.6 Å². The van der Waals surface area contributed by atoms with E-state index in [1.54, 1.807) is 12.1 Å². The van der Waals surface area contributed by atoms with Crippen molar-refractivity contribution in [3.8, 4) is 5.75 Å². The van der Waals surface area contributed by atoms with Crippen LogP contribution in [-0.4, -0.2) is 23.4 Å². The lowest BCUT2D eigenvalue weighted by atomic mass is 10.1. The summed E-state index contributed by atoms with van der Waals surface area (Å²) in [6.07, 6.45) is -4.36. The molecule has 8 heteroatoms. The van der Waals surface area contributed by atoms with E-state index in [1.165, 1.54) is 24.3 Å². The molecular formula is C24H23F3N2O3.